The van der Waals surface area contributed by atoms with E-state index < -0.39 is 10.7 Å². The summed E-state index contributed by atoms with van der Waals surface area (Å²) in [5.41, 5.74) is 1.93. The van der Waals surface area contributed by atoms with Gasteiger partial charge in [0.25, 0.3) is 0 Å². The Morgan fingerprint density at radius 2 is 2.15 bits per heavy atom. The van der Waals surface area contributed by atoms with Crippen LogP contribution in [0.4, 0.5) is 15.9 Å². The van der Waals surface area contributed by atoms with Crippen LogP contribution in [-0.4, -0.2) is 9.91 Å². The van der Waals surface area contributed by atoms with Gasteiger partial charge in [-0.05, 0) is 40.2 Å². The second-order valence-electron chi connectivity index (χ2n) is 3.60. The first-order valence-corrected chi connectivity index (χ1v) is 6.05. The van der Waals surface area contributed by atoms with Crippen molar-refractivity contribution in [1.29, 1.82) is 0 Å². The fourth-order valence-corrected chi connectivity index (χ4v) is 1.74. The predicted octanol–water partition coefficient (Wildman–Crippen LogP) is 2.97. The number of halogens is 2. The van der Waals surface area contributed by atoms with Crippen molar-refractivity contribution < 1.29 is 14.1 Å². The van der Waals surface area contributed by atoms with Crippen molar-refractivity contribution in [2.45, 2.75) is 0 Å². The number of nitrogens with zero attached hydrogens (tertiary/aromatic N) is 2. The summed E-state index contributed by atoms with van der Waals surface area (Å²) in [6.07, 6.45) is 0. The highest BCUT2D eigenvalue weighted by Gasteiger charge is 2.18. The number of ether oxygens (including phenoxy) is 1. The minimum atomic E-state index is -0.638. The van der Waals surface area contributed by atoms with Crippen molar-refractivity contribution in [3.63, 3.8) is 0 Å². The van der Waals surface area contributed by atoms with E-state index in [4.69, 9.17) is 10.6 Å². The number of nitro groups is 1. The van der Waals surface area contributed by atoms with Gasteiger partial charge in [-0.25, -0.2) is 10.2 Å². The first-order chi connectivity index (χ1) is 9.51. The summed E-state index contributed by atoms with van der Waals surface area (Å²) in [5, 5.41) is 10.9. The standard InChI is InChI=1S/C11H8BrFN4O3/c12-7-5-6(1-2-8(7)13)20-11-9(17(18)19)3-4-10(15-11)16-14/h1-5H,14H2,(H,15,16). The van der Waals surface area contributed by atoms with E-state index in [0.29, 0.717) is 0 Å². The summed E-state index contributed by atoms with van der Waals surface area (Å²) in [6, 6.07) is 6.37. The molecule has 0 unspecified atom stereocenters. The molecule has 9 heteroatoms. The third kappa shape index (κ3) is 3.00. The average molecular weight is 343 g/mol. The lowest BCUT2D eigenvalue weighted by Crippen LogP contribution is -2.09. The van der Waals surface area contributed by atoms with Crippen LogP contribution in [0.3, 0.4) is 0 Å². The molecule has 1 aromatic carbocycles. The van der Waals surface area contributed by atoms with E-state index in [1.165, 1.54) is 24.3 Å². The Labute approximate surface area is 120 Å². The number of pyridine rings is 1. The minimum Gasteiger partial charge on any atom is -0.434 e. The van der Waals surface area contributed by atoms with Crippen molar-refractivity contribution in [1.82, 2.24) is 4.98 Å². The summed E-state index contributed by atoms with van der Waals surface area (Å²) >= 11 is 2.99. The highest BCUT2D eigenvalue weighted by Crippen LogP contribution is 2.32. The molecular formula is C11H8BrFN4O3. The molecule has 0 aliphatic heterocycles. The number of hydrogen-bond donors (Lipinski definition) is 2. The summed E-state index contributed by atoms with van der Waals surface area (Å²) in [6.45, 7) is 0. The largest absolute Gasteiger partial charge is 0.434 e. The maximum atomic E-state index is 13.1. The van der Waals surface area contributed by atoms with E-state index in [0.717, 1.165) is 6.07 Å². The molecule has 0 amide bonds. The maximum Gasteiger partial charge on any atom is 0.331 e. The fourth-order valence-electron chi connectivity index (χ4n) is 1.38. The van der Waals surface area contributed by atoms with Crippen LogP contribution in [-0.2, 0) is 0 Å². The number of anilines is 1. The van der Waals surface area contributed by atoms with Crippen molar-refractivity contribution in [3.8, 4) is 11.6 Å². The zero-order valence-corrected chi connectivity index (χ0v) is 11.4. The predicted molar refractivity (Wildman–Crippen MR) is 72.9 cm³/mol. The van der Waals surface area contributed by atoms with Crippen LogP contribution in [0.25, 0.3) is 0 Å². The quantitative estimate of drug-likeness (QED) is 0.503. The number of aromatic nitrogens is 1. The lowest BCUT2D eigenvalue weighted by Gasteiger charge is -2.07. The molecule has 0 fully saturated rings. The molecule has 0 saturated heterocycles. The van der Waals surface area contributed by atoms with E-state index in [1.54, 1.807) is 0 Å². The van der Waals surface area contributed by atoms with Gasteiger partial charge in [0.05, 0.1) is 9.40 Å². The molecule has 0 bridgehead atoms. The monoisotopic (exact) mass is 342 g/mol. The van der Waals surface area contributed by atoms with E-state index in [2.05, 4.69) is 26.3 Å². The SMILES string of the molecule is NNc1ccc([N+](=O)[O-])c(Oc2ccc(F)c(Br)c2)n1. The topological polar surface area (TPSA) is 103 Å². The zero-order chi connectivity index (χ0) is 14.7. The molecule has 1 aromatic heterocycles. The minimum absolute atomic E-state index is 0.172. The van der Waals surface area contributed by atoms with Crippen LogP contribution < -0.4 is 16.0 Å². The van der Waals surface area contributed by atoms with Crippen LogP contribution in [0.5, 0.6) is 11.6 Å². The van der Waals surface area contributed by atoms with Gasteiger partial charge >= 0.3 is 11.6 Å². The number of rotatable bonds is 4. The first-order valence-electron chi connectivity index (χ1n) is 5.26. The molecule has 0 radical (unpaired) electrons. The maximum absolute atomic E-state index is 13.1. The second-order valence-corrected chi connectivity index (χ2v) is 4.45. The molecular weight excluding hydrogens is 335 g/mol. The first kappa shape index (κ1) is 14.2. The van der Waals surface area contributed by atoms with Crippen LogP contribution in [0, 0.1) is 15.9 Å². The Bertz CT molecular complexity index is 668. The molecule has 0 saturated carbocycles. The molecule has 0 spiro atoms. The summed E-state index contributed by atoms with van der Waals surface area (Å²) in [7, 11) is 0. The van der Waals surface area contributed by atoms with Crippen molar-refractivity contribution >= 4 is 27.4 Å². The molecule has 104 valence electrons. The molecule has 0 atom stereocenters. The van der Waals surface area contributed by atoms with Gasteiger partial charge in [0.2, 0.25) is 0 Å². The number of benzene rings is 1. The third-order valence-electron chi connectivity index (χ3n) is 2.29. The normalized spacial score (nSPS) is 10.2. The number of nitrogens with one attached hydrogen (secondary N) is 1. The summed E-state index contributed by atoms with van der Waals surface area (Å²) in [5.74, 6) is 4.86. The van der Waals surface area contributed by atoms with E-state index in [1.807, 2.05) is 0 Å². The molecule has 3 N–H and O–H groups in total. The number of hydrogen-bond acceptors (Lipinski definition) is 6. The van der Waals surface area contributed by atoms with Crippen LogP contribution in [0.1, 0.15) is 0 Å². The molecule has 2 aromatic rings. The number of nitrogen functional groups attached to an aromatic ring is 1. The molecule has 7 nitrogen and oxygen atoms in total. The van der Waals surface area contributed by atoms with Gasteiger partial charge in [-0.1, -0.05) is 0 Å². The highest BCUT2D eigenvalue weighted by atomic mass is 79.9. The lowest BCUT2D eigenvalue weighted by molar-refractivity contribution is -0.386. The lowest BCUT2D eigenvalue weighted by atomic mass is 10.3. The Morgan fingerprint density at radius 3 is 2.75 bits per heavy atom. The fraction of sp³-hybridized carbons (Fsp3) is 0. The van der Waals surface area contributed by atoms with Gasteiger partial charge < -0.3 is 10.2 Å². The Morgan fingerprint density at radius 1 is 1.40 bits per heavy atom. The average Bonchev–Trinajstić information content (AvgIpc) is 2.42. The van der Waals surface area contributed by atoms with E-state index in [-0.39, 0.29) is 27.6 Å². The van der Waals surface area contributed by atoms with Crippen LogP contribution in [0.2, 0.25) is 0 Å². The van der Waals surface area contributed by atoms with Crippen molar-refractivity contribution in [3.05, 3.63) is 50.7 Å². The van der Waals surface area contributed by atoms with Gasteiger partial charge in [-0.3, -0.25) is 10.1 Å². The Balaban J connectivity index is 2.40. The van der Waals surface area contributed by atoms with E-state index in [9.17, 15) is 14.5 Å². The van der Waals surface area contributed by atoms with E-state index >= 15 is 0 Å². The smallest absolute Gasteiger partial charge is 0.331 e. The summed E-state index contributed by atoms with van der Waals surface area (Å²) < 4.78 is 18.6. The molecule has 20 heavy (non-hydrogen) atoms. The van der Waals surface area contributed by atoms with Crippen LogP contribution in [0.15, 0.2) is 34.8 Å². The molecule has 2 rings (SSSR count). The Kier molecular flexibility index (Phi) is 4.11. The molecule has 1 heterocycles. The second kappa shape index (κ2) is 5.80. The van der Waals surface area contributed by atoms with Crippen molar-refractivity contribution in [2.24, 2.45) is 5.84 Å². The highest BCUT2D eigenvalue weighted by molar-refractivity contribution is 9.10. The Hall–Kier alpha value is -2.26. The van der Waals surface area contributed by atoms with Crippen molar-refractivity contribution in [2.75, 3.05) is 5.43 Å². The number of hydrazine groups is 1. The van der Waals surface area contributed by atoms with Gasteiger partial charge in [0, 0.05) is 6.07 Å². The number of nitrogens with two attached hydrogens (primary N) is 1. The third-order valence-corrected chi connectivity index (χ3v) is 2.90. The molecule has 0 aliphatic rings. The van der Waals surface area contributed by atoms with Gasteiger partial charge in [-0.15, -0.1) is 0 Å². The van der Waals surface area contributed by atoms with Gasteiger partial charge in [0.15, 0.2) is 0 Å². The summed E-state index contributed by atoms with van der Waals surface area (Å²) in [4.78, 5) is 14.1. The molecule has 0 aliphatic carbocycles. The van der Waals surface area contributed by atoms with Gasteiger partial charge in [0.1, 0.15) is 17.4 Å². The van der Waals surface area contributed by atoms with Crippen LogP contribution >= 0.6 is 15.9 Å². The van der Waals surface area contributed by atoms with Gasteiger partial charge in [-0.2, -0.15) is 4.98 Å². The zero-order valence-electron chi connectivity index (χ0n) is 9.84.